The zero-order chi connectivity index (χ0) is 14.1. The molecule has 0 saturated carbocycles. The molecule has 0 fully saturated rings. The quantitative estimate of drug-likeness (QED) is 0.816. The minimum atomic E-state index is -0.735. The van der Waals surface area contributed by atoms with Gasteiger partial charge in [0.1, 0.15) is 0 Å². The predicted octanol–water partition coefficient (Wildman–Crippen LogP) is 1.48. The van der Waals surface area contributed by atoms with E-state index in [1.54, 1.807) is 0 Å². The van der Waals surface area contributed by atoms with Crippen LogP contribution >= 0.6 is 0 Å². The molecule has 0 spiro atoms. The summed E-state index contributed by atoms with van der Waals surface area (Å²) in [6.07, 6.45) is 0.710. The van der Waals surface area contributed by atoms with E-state index in [0.29, 0.717) is 13.0 Å². The summed E-state index contributed by atoms with van der Waals surface area (Å²) in [6.45, 7) is 2.73. The second-order valence-corrected chi connectivity index (χ2v) is 4.18. The molecule has 0 saturated heterocycles. The van der Waals surface area contributed by atoms with Gasteiger partial charge in [0, 0.05) is 0 Å². The van der Waals surface area contributed by atoms with Crippen LogP contribution in [-0.4, -0.2) is 31.7 Å². The number of ether oxygens (including phenoxy) is 1. The van der Waals surface area contributed by atoms with E-state index in [1.807, 2.05) is 37.3 Å². The van der Waals surface area contributed by atoms with Crippen molar-refractivity contribution >= 4 is 12.0 Å². The maximum Gasteiger partial charge on any atom is 0.413 e. The van der Waals surface area contributed by atoms with E-state index < -0.39 is 12.1 Å². The molecule has 1 atom stereocenters. The molecular formula is C14H20N2O3. The molecule has 0 aliphatic rings. The van der Waals surface area contributed by atoms with Gasteiger partial charge in [-0.25, -0.2) is 4.79 Å². The maximum absolute atomic E-state index is 11.9. The van der Waals surface area contributed by atoms with Crippen LogP contribution in [0.25, 0.3) is 0 Å². The highest BCUT2D eigenvalue weighted by Crippen LogP contribution is 2.03. The zero-order valence-electron chi connectivity index (χ0n) is 11.3. The fraction of sp³-hybridized carbons (Fsp3) is 0.429. The largest absolute Gasteiger partial charge is 0.453 e. The topological polar surface area (TPSA) is 67.4 Å². The summed E-state index contributed by atoms with van der Waals surface area (Å²) in [5.41, 5.74) is 1.04. The third-order valence-electron chi connectivity index (χ3n) is 2.65. The van der Waals surface area contributed by atoms with Crippen LogP contribution in [-0.2, 0) is 16.0 Å². The van der Waals surface area contributed by atoms with E-state index in [1.165, 1.54) is 7.11 Å². The fourth-order valence-electron chi connectivity index (χ4n) is 1.66. The maximum atomic E-state index is 11.9. The van der Waals surface area contributed by atoms with Gasteiger partial charge in [-0.05, 0) is 24.9 Å². The Morgan fingerprint density at radius 2 is 1.95 bits per heavy atom. The van der Waals surface area contributed by atoms with E-state index in [4.69, 9.17) is 0 Å². The molecule has 2 amide bonds. The van der Waals surface area contributed by atoms with Crippen molar-refractivity contribution in [2.45, 2.75) is 25.8 Å². The first-order valence-electron chi connectivity index (χ1n) is 6.33. The number of hydrogen-bond acceptors (Lipinski definition) is 4. The number of hydrogen-bond donors (Lipinski definition) is 2. The van der Waals surface area contributed by atoms with Crippen molar-refractivity contribution in [2.75, 3.05) is 13.7 Å². The molecule has 1 rings (SSSR count). The van der Waals surface area contributed by atoms with Crippen LogP contribution in [0.15, 0.2) is 30.3 Å². The van der Waals surface area contributed by atoms with Gasteiger partial charge in [-0.3, -0.25) is 10.1 Å². The third-order valence-corrected chi connectivity index (χ3v) is 2.65. The average Bonchev–Trinajstić information content (AvgIpc) is 2.44. The molecule has 2 N–H and O–H groups in total. The monoisotopic (exact) mass is 264 g/mol. The number of alkyl carbamates (subject to hydrolysis) is 1. The van der Waals surface area contributed by atoms with E-state index >= 15 is 0 Å². The summed E-state index contributed by atoms with van der Waals surface area (Å²) < 4.78 is 4.43. The van der Waals surface area contributed by atoms with E-state index in [-0.39, 0.29) is 5.91 Å². The molecule has 0 unspecified atom stereocenters. The molecule has 0 heterocycles. The van der Waals surface area contributed by atoms with Crippen LogP contribution in [0.2, 0.25) is 0 Å². The second-order valence-electron chi connectivity index (χ2n) is 4.18. The third kappa shape index (κ3) is 5.52. The summed E-state index contributed by atoms with van der Waals surface area (Å²) in [5, 5.41) is 5.32. The van der Waals surface area contributed by atoms with E-state index in [2.05, 4.69) is 15.4 Å². The van der Waals surface area contributed by atoms with Crippen molar-refractivity contribution in [3.05, 3.63) is 35.9 Å². The summed E-state index contributed by atoms with van der Waals surface area (Å²) in [5.74, 6) is -0.371. The number of imide groups is 1. The molecule has 5 heteroatoms. The lowest BCUT2D eigenvalue weighted by Crippen LogP contribution is -2.47. The molecular weight excluding hydrogens is 244 g/mol. The summed E-state index contributed by atoms with van der Waals surface area (Å²) in [7, 11) is 1.23. The van der Waals surface area contributed by atoms with Crippen LogP contribution in [0.1, 0.15) is 18.9 Å². The lowest BCUT2D eigenvalue weighted by Gasteiger charge is -2.17. The van der Waals surface area contributed by atoms with Crippen molar-refractivity contribution in [2.24, 2.45) is 0 Å². The van der Waals surface area contributed by atoms with Crippen LogP contribution in [0.4, 0.5) is 4.79 Å². The van der Waals surface area contributed by atoms with Gasteiger partial charge in [-0.2, -0.15) is 0 Å². The van der Waals surface area contributed by atoms with Gasteiger partial charge < -0.3 is 10.1 Å². The van der Waals surface area contributed by atoms with Gasteiger partial charge in [-0.1, -0.05) is 37.3 Å². The Morgan fingerprint density at radius 3 is 2.53 bits per heavy atom. The highest BCUT2D eigenvalue weighted by atomic mass is 16.5. The Morgan fingerprint density at radius 1 is 1.26 bits per heavy atom. The van der Waals surface area contributed by atoms with Gasteiger partial charge in [-0.15, -0.1) is 0 Å². The van der Waals surface area contributed by atoms with Crippen molar-refractivity contribution in [3.8, 4) is 0 Å². The van der Waals surface area contributed by atoms with Crippen molar-refractivity contribution in [1.82, 2.24) is 10.6 Å². The zero-order valence-corrected chi connectivity index (χ0v) is 11.3. The smallest absolute Gasteiger partial charge is 0.413 e. The minimum Gasteiger partial charge on any atom is -0.453 e. The molecule has 1 aromatic carbocycles. The van der Waals surface area contributed by atoms with E-state index in [0.717, 1.165) is 12.0 Å². The van der Waals surface area contributed by atoms with Crippen LogP contribution in [0.3, 0.4) is 0 Å². The number of amides is 2. The van der Waals surface area contributed by atoms with Crippen LogP contribution in [0, 0.1) is 0 Å². The molecule has 104 valence electrons. The Hall–Kier alpha value is -1.88. The van der Waals surface area contributed by atoms with Gasteiger partial charge in [0.25, 0.3) is 0 Å². The summed E-state index contributed by atoms with van der Waals surface area (Å²) in [6, 6.07) is 9.22. The number of methoxy groups -OCH3 is 1. The van der Waals surface area contributed by atoms with Gasteiger partial charge in [0.05, 0.1) is 13.2 Å². The van der Waals surface area contributed by atoms with Crippen LogP contribution < -0.4 is 10.6 Å². The molecule has 0 aliphatic carbocycles. The molecule has 0 aromatic heterocycles. The number of rotatable bonds is 6. The highest BCUT2D eigenvalue weighted by Gasteiger charge is 2.20. The molecule has 0 radical (unpaired) electrons. The summed E-state index contributed by atoms with van der Waals surface area (Å²) in [4.78, 5) is 23.0. The lowest BCUT2D eigenvalue weighted by molar-refractivity contribution is -0.122. The van der Waals surface area contributed by atoms with Gasteiger partial charge >= 0.3 is 6.09 Å². The standard InChI is InChI=1S/C14H20N2O3/c1-3-9-15-12(13(17)16-14(18)19-2)10-11-7-5-4-6-8-11/h4-8,12,15H,3,9-10H2,1-2H3,(H,16,17,18)/t12-/m0/s1. The first kappa shape index (κ1) is 15.2. The minimum absolute atomic E-state index is 0.371. The second kappa shape index (κ2) is 8.26. The fourth-order valence-corrected chi connectivity index (χ4v) is 1.66. The molecule has 5 nitrogen and oxygen atoms in total. The van der Waals surface area contributed by atoms with Crippen molar-refractivity contribution in [3.63, 3.8) is 0 Å². The number of carbonyl (C=O) groups is 2. The first-order chi connectivity index (χ1) is 9.17. The lowest BCUT2D eigenvalue weighted by atomic mass is 10.1. The van der Waals surface area contributed by atoms with Gasteiger partial charge in [0.15, 0.2) is 0 Å². The summed E-state index contributed by atoms with van der Waals surface area (Å²) >= 11 is 0. The number of nitrogens with one attached hydrogen (secondary N) is 2. The molecule has 0 aliphatic heterocycles. The number of carbonyl (C=O) groups excluding carboxylic acids is 2. The SMILES string of the molecule is CCCN[C@@H](Cc1ccccc1)C(=O)NC(=O)OC. The number of benzene rings is 1. The first-order valence-corrected chi connectivity index (χ1v) is 6.33. The van der Waals surface area contributed by atoms with Crippen molar-refractivity contribution < 1.29 is 14.3 Å². The Balaban J connectivity index is 2.65. The Kier molecular flexibility index (Phi) is 6.60. The Bertz CT molecular complexity index is 406. The predicted molar refractivity (Wildman–Crippen MR) is 72.8 cm³/mol. The molecule has 1 aromatic rings. The normalized spacial score (nSPS) is 11.7. The Labute approximate surface area is 113 Å². The van der Waals surface area contributed by atoms with Gasteiger partial charge in [0.2, 0.25) is 5.91 Å². The molecule has 0 bridgehead atoms. The van der Waals surface area contributed by atoms with Crippen molar-refractivity contribution in [1.29, 1.82) is 0 Å². The van der Waals surface area contributed by atoms with Crippen LogP contribution in [0.5, 0.6) is 0 Å². The highest BCUT2D eigenvalue weighted by molar-refractivity contribution is 5.94. The average molecular weight is 264 g/mol. The molecule has 19 heavy (non-hydrogen) atoms. The van der Waals surface area contributed by atoms with E-state index in [9.17, 15) is 9.59 Å².